The number of benzene rings is 1. The molecule has 0 fully saturated rings. The monoisotopic (exact) mass is 410 g/mol. The largest absolute Gasteiger partial charge is 0.338 e. The minimum atomic E-state index is -0.357. The summed E-state index contributed by atoms with van der Waals surface area (Å²) in [5.41, 5.74) is 3.54. The average Bonchev–Trinajstić information content (AvgIpc) is 3.27. The highest BCUT2D eigenvalue weighted by Gasteiger charge is 2.21. The number of H-pyrrole nitrogens is 1. The molecular weight excluding hydrogens is 392 g/mol. The smallest absolute Gasteiger partial charge is 0.239 e. The van der Waals surface area contributed by atoms with Crippen LogP contribution in [0.3, 0.4) is 0 Å². The van der Waals surface area contributed by atoms with Gasteiger partial charge in [-0.1, -0.05) is 30.0 Å². The van der Waals surface area contributed by atoms with Crippen LogP contribution in [0.1, 0.15) is 30.3 Å². The molecule has 2 N–H and O–H groups in total. The second-order valence-corrected chi connectivity index (χ2v) is 9.20. The second-order valence-electron chi connectivity index (χ2n) is 6.81. The van der Waals surface area contributed by atoms with Gasteiger partial charge < -0.3 is 10.3 Å². The summed E-state index contributed by atoms with van der Waals surface area (Å²) in [6, 6.07) is 7.89. The highest BCUT2D eigenvalue weighted by Crippen LogP contribution is 2.30. The molecule has 5 rings (SSSR count). The number of aromatic amines is 1. The fourth-order valence-corrected chi connectivity index (χ4v) is 5.15. The van der Waals surface area contributed by atoms with Crippen LogP contribution in [0, 0.1) is 0 Å². The van der Waals surface area contributed by atoms with E-state index in [0.29, 0.717) is 15.9 Å². The van der Waals surface area contributed by atoms with Gasteiger partial charge in [0, 0.05) is 15.8 Å². The van der Waals surface area contributed by atoms with Crippen molar-refractivity contribution in [3.05, 3.63) is 34.8 Å². The predicted octanol–water partition coefficient (Wildman–Crippen LogP) is 3.96. The Morgan fingerprint density at radius 3 is 2.96 bits per heavy atom. The van der Waals surface area contributed by atoms with Crippen molar-refractivity contribution in [2.45, 2.75) is 43.0 Å². The minimum Gasteiger partial charge on any atom is -0.338 e. The van der Waals surface area contributed by atoms with Crippen LogP contribution in [0.15, 0.2) is 29.4 Å². The Morgan fingerprint density at radius 1 is 1.21 bits per heavy atom. The summed E-state index contributed by atoms with van der Waals surface area (Å²) in [5, 5.41) is 13.2. The molecule has 3 heterocycles. The van der Waals surface area contributed by atoms with E-state index in [-0.39, 0.29) is 11.2 Å². The lowest BCUT2D eigenvalue weighted by atomic mass is 10.0. The number of hydrogen-bond acceptors (Lipinski definition) is 7. The molecule has 4 aromatic rings. The van der Waals surface area contributed by atoms with Crippen molar-refractivity contribution in [3.63, 3.8) is 0 Å². The Balaban J connectivity index is 1.31. The lowest BCUT2D eigenvalue weighted by molar-refractivity contribution is -0.115. The van der Waals surface area contributed by atoms with Gasteiger partial charge in [-0.15, -0.1) is 21.5 Å². The van der Waals surface area contributed by atoms with Gasteiger partial charge in [-0.2, -0.15) is 0 Å². The first-order valence-corrected chi connectivity index (χ1v) is 10.9. The van der Waals surface area contributed by atoms with E-state index < -0.39 is 0 Å². The third-order valence-electron chi connectivity index (χ3n) is 4.83. The number of hydrogen-bond donors (Lipinski definition) is 2. The predicted molar refractivity (Wildman–Crippen MR) is 112 cm³/mol. The fraction of sp³-hybridized carbons (Fsp3) is 0.316. The topological polar surface area (TPSA) is 96.5 Å². The molecule has 1 aliphatic carbocycles. The molecule has 0 saturated heterocycles. The standard InChI is InChI=1S/C19H18N6OS2/c1-10(17(26)23-18-21-13-8-4-5-9-14(13)28-18)27-19-22-16-15(24-25-19)11-6-2-3-7-12(11)20-16/h2-3,6-7,10H,4-5,8-9H2,1H3,(H,20,22,25)(H,21,23,26)/t10-/m1/s1. The Kier molecular flexibility index (Phi) is 4.48. The number of carbonyl (C=O) groups excluding carboxylic acids is 1. The van der Waals surface area contributed by atoms with Gasteiger partial charge in [0.25, 0.3) is 0 Å². The molecular formula is C19H18N6OS2. The summed E-state index contributed by atoms with van der Waals surface area (Å²) in [6.45, 7) is 1.84. The van der Waals surface area contributed by atoms with Crippen LogP contribution in [0.4, 0.5) is 5.13 Å². The number of thiazole rings is 1. The van der Waals surface area contributed by atoms with E-state index in [2.05, 4.69) is 30.5 Å². The normalized spacial score (nSPS) is 14.9. The molecule has 0 aliphatic heterocycles. The molecule has 142 valence electrons. The molecule has 1 aliphatic rings. The summed E-state index contributed by atoms with van der Waals surface area (Å²) < 4.78 is 0. The molecule has 0 unspecified atom stereocenters. The summed E-state index contributed by atoms with van der Waals surface area (Å²) >= 11 is 2.88. The first kappa shape index (κ1) is 17.6. The number of aromatic nitrogens is 5. The quantitative estimate of drug-likeness (QED) is 0.494. The molecule has 28 heavy (non-hydrogen) atoms. The van der Waals surface area contributed by atoms with Crippen LogP contribution in [0.5, 0.6) is 0 Å². The van der Waals surface area contributed by atoms with Crippen LogP contribution < -0.4 is 5.32 Å². The number of nitrogens with zero attached hydrogens (tertiary/aromatic N) is 4. The van der Waals surface area contributed by atoms with E-state index in [4.69, 9.17) is 0 Å². The molecule has 0 saturated carbocycles. The Labute approximate surface area is 169 Å². The maximum Gasteiger partial charge on any atom is 0.239 e. The number of anilines is 1. The van der Waals surface area contributed by atoms with Gasteiger partial charge in [-0.05, 0) is 38.7 Å². The van der Waals surface area contributed by atoms with E-state index >= 15 is 0 Å². The minimum absolute atomic E-state index is 0.101. The number of amides is 1. The summed E-state index contributed by atoms with van der Waals surface area (Å²) in [7, 11) is 0. The van der Waals surface area contributed by atoms with Gasteiger partial charge in [0.1, 0.15) is 5.52 Å². The highest BCUT2D eigenvalue weighted by atomic mass is 32.2. The van der Waals surface area contributed by atoms with E-state index in [0.717, 1.165) is 35.0 Å². The lowest BCUT2D eigenvalue weighted by Crippen LogP contribution is -2.22. The lowest BCUT2D eigenvalue weighted by Gasteiger charge is -2.08. The van der Waals surface area contributed by atoms with Crippen LogP contribution in [-0.4, -0.2) is 36.3 Å². The Morgan fingerprint density at radius 2 is 2.07 bits per heavy atom. The maximum absolute atomic E-state index is 12.6. The summed E-state index contributed by atoms with van der Waals surface area (Å²) in [4.78, 5) is 26.3. The van der Waals surface area contributed by atoms with Gasteiger partial charge in [0.15, 0.2) is 10.8 Å². The second kappa shape index (κ2) is 7.14. The van der Waals surface area contributed by atoms with Crippen molar-refractivity contribution < 1.29 is 4.79 Å². The first-order chi connectivity index (χ1) is 13.7. The summed E-state index contributed by atoms with van der Waals surface area (Å²) in [6.07, 6.45) is 4.46. The molecule has 1 aromatic carbocycles. The molecule has 9 heteroatoms. The Hall–Kier alpha value is -2.52. The van der Waals surface area contributed by atoms with Crippen LogP contribution in [-0.2, 0) is 17.6 Å². The number of carbonyl (C=O) groups is 1. The van der Waals surface area contributed by atoms with Crippen molar-refractivity contribution in [3.8, 4) is 0 Å². The molecule has 1 amide bonds. The van der Waals surface area contributed by atoms with Crippen molar-refractivity contribution in [2.24, 2.45) is 0 Å². The molecule has 0 bridgehead atoms. The van der Waals surface area contributed by atoms with Crippen LogP contribution >= 0.6 is 23.1 Å². The van der Waals surface area contributed by atoms with Crippen LogP contribution in [0.2, 0.25) is 0 Å². The number of para-hydroxylation sites is 1. The number of thioether (sulfide) groups is 1. The van der Waals surface area contributed by atoms with Gasteiger partial charge in [-0.25, -0.2) is 9.97 Å². The molecule has 0 spiro atoms. The number of rotatable bonds is 4. The van der Waals surface area contributed by atoms with Crippen molar-refractivity contribution in [1.82, 2.24) is 25.1 Å². The van der Waals surface area contributed by atoms with Gasteiger partial charge in [-0.3, -0.25) is 4.79 Å². The zero-order chi connectivity index (χ0) is 19.1. The van der Waals surface area contributed by atoms with Gasteiger partial charge in [0.05, 0.1) is 10.9 Å². The molecule has 0 radical (unpaired) electrons. The van der Waals surface area contributed by atoms with Crippen LogP contribution in [0.25, 0.3) is 22.1 Å². The number of fused-ring (bicyclic) bond motifs is 4. The number of nitrogens with one attached hydrogen (secondary N) is 2. The average molecular weight is 411 g/mol. The third-order valence-corrected chi connectivity index (χ3v) is 6.85. The zero-order valence-electron chi connectivity index (χ0n) is 15.2. The van der Waals surface area contributed by atoms with Gasteiger partial charge >= 0.3 is 0 Å². The van der Waals surface area contributed by atoms with E-state index in [1.54, 1.807) is 11.3 Å². The molecule has 3 aromatic heterocycles. The van der Waals surface area contributed by atoms with Gasteiger partial charge in [0.2, 0.25) is 11.1 Å². The summed E-state index contributed by atoms with van der Waals surface area (Å²) in [5.74, 6) is -0.101. The first-order valence-electron chi connectivity index (χ1n) is 9.24. The van der Waals surface area contributed by atoms with E-state index in [1.165, 1.54) is 29.5 Å². The zero-order valence-corrected chi connectivity index (χ0v) is 16.9. The maximum atomic E-state index is 12.6. The highest BCUT2D eigenvalue weighted by molar-refractivity contribution is 8.00. The van der Waals surface area contributed by atoms with E-state index in [9.17, 15) is 4.79 Å². The number of aryl methyl sites for hydroxylation is 2. The molecule has 1 atom stereocenters. The van der Waals surface area contributed by atoms with Crippen molar-refractivity contribution in [1.29, 1.82) is 0 Å². The van der Waals surface area contributed by atoms with Crippen molar-refractivity contribution >= 4 is 56.2 Å². The third kappa shape index (κ3) is 3.24. The Bertz CT molecular complexity index is 1160. The van der Waals surface area contributed by atoms with Crippen molar-refractivity contribution in [2.75, 3.05) is 5.32 Å². The SMILES string of the molecule is C[C@@H](Sc1nnc2c(n1)[nH]c1ccccc12)C(=O)Nc1nc2c(s1)CCCC2. The van der Waals surface area contributed by atoms with E-state index in [1.807, 2.05) is 31.2 Å². The molecule has 7 nitrogen and oxygen atoms in total. The fourth-order valence-electron chi connectivity index (χ4n) is 3.38.